The molecule has 1 aromatic carbocycles. The van der Waals surface area contributed by atoms with E-state index in [1.54, 1.807) is 6.08 Å². The second-order valence-electron chi connectivity index (χ2n) is 2.14. The zero-order chi connectivity index (χ0) is 8.10. The van der Waals surface area contributed by atoms with E-state index in [-0.39, 0.29) is 0 Å². The lowest BCUT2D eigenvalue weighted by molar-refractivity contribution is 0.304. The molecule has 0 aliphatic heterocycles. The van der Waals surface area contributed by atoms with Crippen molar-refractivity contribution in [3.63, 3.8) is 0 Å². The first-order valence-corrected chi connectivity index (χ1v) is 3.78. The highest BCUT2D eigenvalue weighted by Gasteiger charge is 1.87. The van der Waals surface area contributed by atoms with Gasteiger partial charge in [-0.15, -0.1) is 0 Å². The third-order valence-corrected chi connectivity index (χ3v) is 1.39. The lowest BCUT2D eigenvalue weighted by Gasteiger charge is -1.92. The van der Waals surface area contributed by atoms with Crippen LogP contribution < -0.4 is 0 Å². The van der Waals surface area contributed by atoms with Crippen LogP contribution in [0, 0.1) is 0 Å². The largest absolute Gasteiger partial charge is 0.374 e. The molecule has 0 bridgehead atoms. The average Bonchev–Trinajstić information content (AvgIpc) is 2.03. The molecule has 0 amide bonds. The smallest absolute Gasteiger partial charge is 0.146 e. The maximum Gasteiger partial charge on any atom is 0.146 e. The molecule has 0 saturated heterocycles. The van der Waals surface area contributed by atoms with Crippen LogP contribution in [0.15, 0.2) is 36.4 Å². The van der Waals surface area contributed by atoms with Crippen LogP contribution in [0.1, 0.15) is 5.56 Å². The molecule has 1 atom stereocenters. The lowest BCUT2D eigenvalue weighted by Crippen LogP contribution is -1.86. The van der Waals surface area contributed by atoms with Crippen molar-refractivity contribution in [2.24, 2.45) is 0 Å². The maximum atomic E-state index is 8.69. The first-order chi connectivity index (χ1) is 5.29. The molecule has 0 saturated carbocycles. The summed E-state index contributed by atoms with van der Waals surface area (Å²) in [5, 5.41) is 8.69. The van der Waals surface area contributed by atoms with Crippen LogP contribution in [0.2, 0.25) is 0 Å². The number of hydrogen-bond donors (Lipinski definition) is 1. The summed E-state index contributed by atoms with van der Waals surface area (Å²) in [4.78, 5) is 0. The highest BCUT2D eigenvalue weighted by molar-refractivity contribution is 6.20. The van der Waals surface area contributed by atoms with E-state index in [1.165, 1.54) is 6.08 Å². The summed E-state index contributed by atoms with van der Waals surface area (Å²) in [5.74, 6) is 0. The molecule has 0 aliphatic rings. The average molecular weight is 169 g/mol. The Bertz CT molecular complexity index is 229. The minimum Gasteiger partial charge on any atom is -0.374 e. The molecule has 1 unspecified atom stereocenters. The summed E-state index contributed by atoms with van der Waals surface area (Å²) in [6.45, 7) is 0. The third-order valence-electron chi connectivity index (χ3n) is 1.25. The van der Waals surface area contributed by atoms with E-state index in [1.807, 2.05) is 30.3 Å². The van der Waals surface area contributed by atoms with Gasteiger partial charge in [0.2, 0.25) is 0 Å². The van der Waals surface area contributed by atoms with Gasteiger partial charge in [0.05, 0.1) is 0 Å². The summed E-state index contributed by atoms with van der Waals surface area (Å²) < 4.78 is 0. The van der Waals surface area contributed by atoms with Crippen LogP contribution in [-0.4, -0.2) is 10.7 Å². The first kappa shape index (κ1) is 8.31. The molecule has 0 aromatic heterocycles. The molecular formula is C9H9ClO. The van der Waals surface area contributed by atoms with E-state index < -0.39 is 5.56 Å². The van der Waals surface area contributed by atoms with Crippen molar-refractivity contribution in [1.29, 1.82) is 0 Å². The van der Waals surface area contributed by atoms with E-state index in [0.717, 1.165) is 5.56 Å². The Labute approximate surface area is 70.9 Å². The Morgan fingerprint density at radius 2 is 1.91 bits per heavy atom. The van der Waals surface area contributed by atoms with Gasteiger partial charge >= 0.3 is 0 Å². The standard InChI is InChI=1S/C9H9ClO/c10-9(11)7-6-8-4-2-1-3-5-8/h1-7,9,11H/b7-6+. The van der Waals surface area contributed by atoms with E-state index in [0.29, 0.717) is 0 Å². The molecule has 0 aliphatic carbocycles. The molecule has 2 heteroatoms. The second-order valence-corrected chi connectivity index (χ2v) is 2.59. The number of aliphatic hydroxyl groups excluding tert-OH is 1. The van der Waals surface area contributed by atoms with Crippen molar-refractivity contribution in [2.75, 3.05) is 0 Å². The topological polar surface area (TPSA) is 20.2 Å². The highest BCUT2D eigenvalue weighted by Crippen LogP contribution is 2.02. The highest BCUT2D eigenvalue weighted by atomic mass is 35.5. The summed E-state index contributed by atoms with van der Waals surface area (Å²) >= 11 is 5.30. The van der Waals surface area contributed by atoms with Crippen molar-refractivity contribution < 1.29 is 5.11 Å². The van der Waals surface area contributed by atoms with Gasteiger partial charge in [-0.05, 0) is 11.6 Å². The van der Waals surface area contributed by atoms with Gasteiger partial charge in [0.15, 0.2) is 0 Å². The number of aliphatic hydroxyl groups is 1. The molecule has 0 fully saturated rings. The number of hydrogen-bond acceptors (Lipinski definition) is 1. The first-order valence-electron chi connectivity index (χ1n) is 3.34. The van der Waals surface area contributed by atoms with Crippen LogP contribution in [0.5, 0.6) is 0 Å². The number of rotatable bonds is 2. The molecule has 1 nitrogen and oxygen atoms in total. The predicted octanol–water partition coefficient (Wildman–Crippen LogP) is 2.26. The normalized spacial score (nSPS) is 13.6. The Kier molecular flexibility index (Phi) is 3.14. The summed E-state index contributed by atoms with van der Waals surface area (Å²) in [7, 11) is 0. The summed E-state index contributed by atoms with van der Waals surface area (Å²) in [6, 6.07) is 9.68. The third kappa shape index (κ3) is 3.21. The Balaban J connectivity index is 2.65. The number of halogens is 1. The fourth-order valence-corrected chi connectivity index (χ4v) is 0.827. The Hall–Kier alpha value is -0.790. The molecule has 1 rings (SSSR count). The van der Waals surface area contributed by atoms with E-state index in [2.05, 4.69) is 0 Å². The van der Waals surface area contributed by atoms with Gasteiger partial charge in [-0.25, -0.2) is 0 Å². The molecular weight excluding hydrogens is 160 g/mol. The zero-order valence-electron chi connectivity index (χ0n) is 5.94. The van der Waals surface area contributed by atoms with Gasteiger partial charge in [-0.1, -0.05) is 48.0 Å². The van der Waals surface area contributed by atoms with Gasteiger partial charge in [-0.3, -0.25) is 0 Å². The summed E-state index contributed by atoms with van der Waals surface area (Å²) in [5.41, 5.74) is 0.141. The second kappa shape index (κ2) is 4.16. The Morgan fingerprint density at radius 1 is 1.27 bits per heavy atom. The number of alkyl halides is 1. The van der Waals surface area contributed by atoms with Crippen molar-refractivity contribution in [1.82, 2.24) is 0 Å². The number of benzene rings is 1. The molecule has 1 N–H and O–H groups in total. The molecule has 58 valence electrons. The minimum atomic E-state index is -0.893. The van der Waals surface area contributed by atoms with E-state index in [4.69, 9.17) is 16.7 Å². The molecule has 11 heavy (non-hydrogen) atoms. The molecule has 0 spiro atoms. The van der Waals surface area contributed by atoms with Gasteiger partial charge in [0.1, 0.15) is 5.56 Å². The molecule has 0 heterocycles. The van der Waals surface area contributed by atoms with Crippen LogP contribution in [0.4, 0.5) is 0 Å². The van der Waals surface area contributed by atoms with E-state index >= 15 is 0 Å². The van der Waals surface area contributed by atoms with Crippen LogP contribution in [0.25, 0.3) is 6.08 Å². The fraction of sp³-hybridized carbons (Fsp3) is 0.111. The van der Waals surface area contributed by atoms with Gasteiger partial charge in [-0.2, -0.15) is 0 Å². The fourth-order valence-electron chi connectivity index (χ4n) is 0.755. The molecule has 0 radical (unpaired) electrons. The summed E-state index contributed by atoms with van der Waals surface area (Å²) in [6.07, 6.45) is 3.30. The van der Waals surface area contributed by atoms with Crippen molar-refractivity contribution in [2.45, 2.75) is 5.56 Å². The van der Waals surface area contributed by atoms with E-state index in [9.17, 15) is 0 Å². The zero-order valence-corrected chi connectivity index (χ0v) is 6.70. The van der Waals surface area contributed by atoms with Crippen LogP contribution >= 0.6 is 11.6 Å². The predicted molar refractivity (Wildman–Crippen MR) is 47.3 cm³/mol. The maximum absolute atomic E-state index is 8.69. The monoisotopic (exact) mass is 168 g/mol. The van der Waals surface area contributed by atoms with Crippen LogP contribution in [-0.2, 0) is 0 Å². The van der Waals surface area contributed by atoms with Gasteiger partial charge < -0.3 is 5.11 Å². The van der Waals surface area contributed by atoms with Gasteiger partial charge in [0.25, 0.3) is 0 Å². The van der Waals surface area contributed by atoms with Crippen molar-refractivity contribution in [3.8, 4) is 0 Å². The van der Waals surface area contributed by atoms with Crippen molar-refractivity contribution >= 4 is 17.7 Å². The lowest BCUT2D eigenvalue weighted by atomic mass is 10.2. The minimum absolute atomic E-state index is 0.893. The van der Waals surface area contributed by atoms with Gasteiger partial charge in [0, 0.05) is 0 Å². The molecule has 1 aromatic rings. The van der Waals surface area contributed by atoms with Crippen LogP contribution in [0.3, 0.4) is 0 Å². The Morgan fingerprint density at radius 3 is 2.45 bits per heavy atom. The quantitative estimate of drug-likeness (QED) is 0.672. The SMILES string of the molecule is OC(Cl)/C=C/c1ccccc1. The van der Waals surface area contributed by atoms with Crippen molar-refractivity contribution in [3.05, 3.63) is 42.0 Å².